The van der Waals surface area contributed by atoms with Gasteiger partial charge in [0.2, 0.25) is 5.95 Å². The molecule has 0 amide bonds. The summed E-state index contributed by atoms with van der Waals surface area (Å²) in [7, 11) is 0. The van der Waals surface area contributed by atoms with Crippen molar-refractivity contribution in [1.29, 1.82) is 0 Å². The van der Waals surface area contributed by atoms with E-state index in [1.807, 2.05) is 0 Å². The van der Waals surface area contributed by atoms with Crippen molar-refractivity contribution in [2.24, 2.45) is 5.92 Å². The number of carbonyl (C=O) groups is 1. The number of hydrogen-bond donors (Lipinski definition) is 1. The number of carboxylic acid groups (broad SMARTS) is 1. The average molecular weight is 275 g/mol. The summed E-state index contributed by atoms with van der Waals surface area (Å²) < 4.78 is 0. The number of aromatic nitrogens is 2. The molecule has 1 aromatic heterocycles. The Morgan fingerprint density at radius 2 is 2.05 bits per heavy atom. The average Bonchev–Trinajstić information content (AvgIpc) is 2.46. The van der Waals surface area contributed by atoms with Crippen molar-refractivity contribution in [3.8, 4) is 0 Å². The fourth-order valence-corrected chi connectivity index (χ4v) is 3.68. The second kappa shape index (κ2) is 5.38. The number of rotatable bonds is 2. The third-order valence-corrected chi connectivity index (χ3v) is 4.70. The van der Waals surface area contributed by atoms with E-state index in [1.165, 1.54) is 44.7 Å². The molecule has 2 heterocycles. The number of anilines is 1. The summed E-state index contributed by atoms with van der Waals surface area (Å²) in [4.78, 5) is 22.1. The highest BCUT2D eigenvalue weighted by atomic mass is 16.4. The van der Waals surface area contributed by atoms with E-state index in [-0.39, 0.29) is 5.56 Å². The van der Waals surface area contributed by atoms with Gasteiger partial charge in [-0.25, -0.2) is 14.8 Å². The van der Waals surface area contributed by atoms with Gasteiger partial charge in [-0.05, 0) is 38.5 Å². The van der Waals surface area contributed by atoms with E-state index in [0.29, 0.717) is 17.7 Å². The van der Waals surface area contributed by atoms with Crippen LogP contribution in [0.15, 0.2) is 6.20 Å². The van der Waals surface area contributed by atoms with Gasteiger partial charge in [0.15, 0.2) is 0 Å². The first-order valence-corrected chi connectivity index (χ1v) is 7.50. The first kappa shape index (κ1) is 13.3. The second-order valence-corrected chi connectivity index (χ2v) is 5.92. The number of hydrogen-bond acceptors (Lipinski definition) is 4. The van der Waals surface area contributed by atoms with Crippen molar-refractivity contribution in [3.05, 3.63) is 17.5 Å². The van der Waals surface area contributed by atoms with Gasteiger partial charge in [-0.1, -0.05) is 12.8 Å². The van der Waals surface area contributed by atoms with Crippen LogP contribution in [-0.4, -0.2) is 33.6 Å². The van der Waals surface area contributed by atoms with Gasteiger partial charge >= 0.3 is 5.97 Å². The van der Waals surface area contributed by atoms with Crippen LogP contribution in [0.25, 0.3) is 0 Å². The molecular weight excluding hydrogens is 254 g/mol. The van der Waals surface area contributed by atoms with E-state index in [0.717, 1.165) is 12.5 Å². The predicted molar refractivity (Wildman–Crippen MR) is 76.1 cm³/mol. The first-order chi connectivity index (χ1) is 9.66. The number of carboxylic acids is 1. The molecule has 108 valence electrons. The van der Waals surface area contributed by atoms with Gasteiger partial charge in [-0.15, -0.1) is 0 Å². The molecule has 0 unspecified atom stereocenters. The quantitative estimate of drug-likeness (QED) is 0.898. The summed E-state index contributed by atoms with van der Waals surface area (Å²) in [6.07, 6.45) is 9.10. The summed E-state index contributed by atoms with van der Waals surface area (Å²) >= 11 is 0. The molecule has 0 spiro atoms. The van der Waals surface area contributed by atoms with E-state index in [4.69, 9.17) is 5.11 Å². The molecule has 5 heteroatoms. The van der Waals surface area contributed by atoms with Gasteiger partial charge < -0.3 is 10.0 Å². The topological polar surface area (TPSA) is 66.3 Å². The van der Waals surface area contributed by atoms with Crippen LogP contribution in [0.5, 0.6) is 0 Å². The summed E-state index contributed by atoms with van der Waals surface area (Å²) in [5, 5.41) is 9.06. The van der Waals surface area contributed by atoms with Crippen LogP contribution < -0.4 is 4.90 Å². The van der Waals surface area contributed by atoms with Crippen LogP contribution in [0.3, 0.4) is 0 Å². The summed E-state index contributed by atoms with van der Waals surface area (Å²) in [5.74, 6) is 0.521. The monoisotopic (exact) mass is 275 g/mol. The van der Waals surface area contributed by atoms with Gasteiger partial charge in [0.25, 0.3) is 0 Å². The molecule has 1 aliphatic heterocycles. The molecule has 0 bridgehead atoms. The third kappa shape index (κ3) is 2.37. The molecule has 2 aliphatic rings. The van der Waals surface area contributed by atoms with E-state index in [9.17, 15) is 4.79 Å². The van der Waals surface area contributed by atoms with Gasteiger partial charge in [0, 0.05) is 18.8 Å². The predicted octanol–water partition coefficient (Wildman–Crippen LogP) is 2.64. The van der Waals surface area contributed by atoms with E-state index in [2.05, 4.69) is 14.9 Å². The molecule has 1 aromatic rings. The molecule has 0 aromatic carbocycles. The molecule has 1 N–H and O–H groups in total. The SMILES string of the molecule is Cc1nc(N2CCC[C@H]3CCCC[C@H]32)ncc1C(=O)O. The minimum Gasteiger partial charge on any atom is -0.478 e. The van der Waals surface area contributed by atoms with Crippen molar-refractivity contribution < 1.29 is 9.90 Å². The number of piperidine rings is 1. The van der Waals surface area contributed by atoms with Crippen LogP contribution in [-0.2, 0) is 0 Å². The molecule has 2 fully saturated rings. The van der Waals surface area contributed by atoms with Gasteiger partial charge in [0.05, 0.1) is 11.3 Å². The van der Waals surface area contributed by atoms with Crippen LogP contribution in [0.2, 0.25) is 0 Å². The summed E-state index contributed by atoms with van der Waals surface area (Å²) in [5.41, 5.74) is 0.756. The van der Waals surface area contributed by atoms with Gasteiger partial charge in [0.1, 0.15) is 0 Å². The number of aryl methyl sites for hydroxylation is 1. The van der Waals surface area contributed by atoms with Crippen LogP contribution in [0.1, 0.15) is 54.6 Å². The first-order valence-electron chi connectivity index (χ1n) is 7.50. The van der Waals surface area contributed by atoms with Gasteiger partial charge in [-0.3, -0.25) is 0 Å². The Bertz CT molecular complexity index is 516. The Morgan fingerprint density at radius 3 is 2.80 bits per heavy atom. The lowest BCUT2D eigenvalue weighted by Crippen LogP contribution is -2.47. The van der Waals surface area contributed by atoms with E-state index in [1.54, 1.807) is 6.92 Å². The van der Waals surface area contributed by atoms with Crippen molar-refractivity contribution in [2.75, 3.05) is 11.4 Å². The van der Waals surface area contributed by atoms with E-state index >= 15 is 0 Å². The van der Waals surface area contributed by atoms with Crippen molar-refractivity contribution >= 4 is 11.9 Å². The minimum absolute atomic E-state index is 0.200. The molecule has 1 saturated carbocycles. The third-order valence-electron chi connectivity index (χ3n) is 4.70. The van der Waals surface area contributed by atoms with Gasteiger partial charge in [-0.2, -0.15) is 0 Å². The lowest BCUT2D eigenvalue weighted by Gasteiger charge is -2.44. The zero-order chi connectivity index (χ0) is 14.1. The molecule has 1 saturated heterocycles. The summed E-state index contributed by atoms with van der Waals surface area (Å²) in [6, 6.07) is 0.549. The Balaban J connectivity index is 1.87. The molecule has 5 nitrogen and oxygen atoms in total. The fraction of sp³-hybridized carbons (Fsp3) is 0.667. The molecule has 1 aliphatic carbocycles. The number of fused-ring (bicyclic) bond motifs is 1. The van der Waals surface area contributed by atoms with E-state index < -0.39 is 5.97 Å². The zero-order valence-electron chi connectivity index (χ0n) is 11.9. The Morgan fingerprint density at radius 1 is 1.30 bits per heavy atom. The lowest BCUT2D eigenvalue weighted by molar-refractivity contribution is 0.0695. The smallest absolute Gasteiger partial charge is 0.339 e. The highest BCUT2D eigenvalue weighted by Crippen LogP contribution is 2.36. The maximum Gasteiger partial charge on any atom is 0.339 e. The van der Waals surface area contributed by atoms with Crippen LogP contribution in [0.4, 0.5) is 5.95 Å². The number of nitrogens with zero attached hydrogens (tertiary/aromatic N) is 3. The van der Waals surface area contributed by atoms with Crippen molar-refractivity contribution in [1.82, 2.24) is 9.97 Å². The molecule has 2 atom stereocenters. The maximum absolute atomic E-state index is 11.0. The Kier molecular flexibility index (Phi) is 3.59. The lowest BCUT2D eigenvalue weighted by atomic mass is 9.78. The van der Waals surface area contributed by atoms with Crippen molar-refractivity contribution in [2.45, 2.75) is 51.5 Å². The molecule has 20 heavy (non-hydrogen) atoms. The maximum atomic E-state index is 11.0. The van der Waals surface area contributed by atoms with Crippen LogP contribution in [0, 0.1) is 12.8 Å². The highest BCUT2D eigenvalue weighted by Gasteiger charge is 2.34. The summed E-state index contributed by atoms with van der Waals surface area (Å²) in [6.45, 7) is 2.74. The normalized spacial score (nSPS) is 26.1. The number of aromatic carboxylic acids is 1. The highest BCUT2D eigenvalue weighted by molar-refractivity contribution is 5.88. The fourth-order valence-electron chi connectivity index (χ4n) is 3.68. The standard InChI is InChI=1S/C15H21N3O2/c1-10-12(14(19)20)9-16-15(17-10)18-8-4-6-11-5-2-3-7-13(11)18/h9,11,13H,2-8H2,1H3,(H,19,20)/t11-,13-/m1/s1. The second-order valence-electron chi connectivity index (χ2n) is 5.92. The molecular formula is C15H21N3O2. The largest absolute Gasteiger partial charge is 0.478 e. The van der Waals surface area contributed by atoms with Crippen molar-refractivity contribution in [3.63, 3.8) is 0 Å². The van der Waals surface area contributed by atoms with Crippen LogP contribution >= 0.6 is 0 Å². The Labute approximate surface area is 119 Å². The zero-order valence-corrected chi connectivity index (χ0v) is 11.9. The Hall–Kier alpha value is -1.65. The molecule has 3 rings (SSSR count). The molecule has 0 radical (unpaired) electrons. The minimum atomic E-state index is -0.955.